The minimum atomic E-state index is -3.58. The van der Waals surface area contributed by atoms with Crippen LogP contribution in [-0.4, -0.2) is 26.0 Å². The summed E-state index contributed by atoms with van der Waals surface area (Å²) in [7, 11) is -3.58. The highest BCUT2D eigenvalue weighted by molar-refractivity contribution is 7.89. The Hall–Kier alpha value is -1.60. The Kier molecular flexibility index (Phi) is 4.90. The summed E-state index contributed by atoms with van der Waals surface area (Å²) in [6.45, 7) is 5.51. The monoisotopic (exact) mass is 285 g/mol. The summed E-state index contributed by atoms with van der Waals surface area (Å²) in [5.41, 5.74) is 7.33. The molecule has 0 radical (unpaired) electrons. The molecule has 0 spiro atoms. The van der Waals surface area contributed by atoms with Gasteiger partial charge in [0.25, 0.3) is 0 Å². The van der Waals surface area contributed by atoms with Gasteiger partial charge in [-0.3, -0.25) is 0 Å². The molecule has 0 amide bonds. The van der Waals surface area contributed by atoms with Crippen molar-refractivity contribution < 1.29 is 13.6 Å². The van der Waals surface area contributed by atoms with Crippen molar-refractivity contribution in [2.24, 2.45) is 16.8 Å². The highest BCUT2D eigenvalue weighted by Crippen LogP contribution is 2.14. The molecule has 0 heterocycles. The Labute approximate surface area is 113 Å². The topological polar surface area (TPSA) is 105 Å². The number of oxime groups is 1. The zero-order valence-electron chi connectivity index (χ0n) is 11.2. The minimum Gasteiger partial charge on any atom is -0.409 e. The summed E-state index contributed by atoms with van der Waals surface area (Å²) in [5.74, 6) is -0.394. The lowest BCUT2D eigenvalue weighted by molar-refractivity contribution is 0.314. The molecule has 0 aliphatic rings. The van der Waals surface area contributed by atoms with Crippen molar-refractivity contribution in [3.05, 3.63) is 29.3 Å². The second-order valence-electron chi connectivity index (χ2n) is 4.52. The van der Waals surface area contributed by atoms with Gasteiger partial charge in [-0.05, 0) is 37.1 Å². The number of benzene rings is 1. The van der Waals surface area contributed by atoms with Crippen molar-refractivity contribution in [3.63, 3.8) is 0 Å². The van der Waals surface area contributed by atoms with Crippen LogP contribution in [0.3, 0.4) is 0 Å². The molecule has 1 unspecified atom stereocenters. The van der Waals surface area contributed by atoms with E-state index in [1.165, 1.54) is 0 Å². The normalized spacial score (nSPS) is 14.4. The van der Waals surface area contributed by atoms with Crippen molar-refractivity contribution in [3.8, 4) is 0 Å². The maximum Gasteiger partial charge on any atom is 0.240 e. The van der Waals surface area contributed by atoms with E-state index in [2.05, 4.69) is 9.88 Å². The smallest absolute Gasteiger partial charge is 0.240 e. The van der Waals surface area contributed by atoms with Crippen molar-refractivity contribution in [1.29, 1.82) is 0 Å². The van der Waals surface area contributed by atoms with Crippen LogP contribution >= 0.6 is 0 Å². The Morgan fingerprint density at radius 3 is 2.58 bits per heavy atom. The molecule has 0 aromatic heterocycles. The third-order valence-electron chi connectivity index (χ3n) is 2.99. The van der Waals surface area contributed by atoms with Gasteiger partial charge in [-0.15, -0.1) is 0 Å². The first-order valence-corrected chi connectivity index (χ1v) is 7.30. The predicted octanol–water partition coefficient (Wildman–Crippen LogP) is 0.964. The number of sulfonamides is 1. The molecule has 0 fully saturated rings. The van der Waals surface area contributed by atoms with E-state index in [1.807, 2.05) is 13.8 Å². The maximum absolute atomic E-state index is 12.1. The van der Waals surface area contributed by atoms with E-state index in [1.54, 1.807) is 25.1 Å². The molecule has 6 nitrogen and oxygen atoms in total. The number of nitrogens with one attached hydrogen (secondary N) is 1. The van der Waals surface area contributed by atoms with E-state index in [-0.39, 0.29) is 23.2 Å². The molecule has 106 valence electrons. The zero-order valence-corrected chi connectivity index (χ0v) is 12.0. The minimum absolute atomic E-state index is 0.0113. The summed E-state index contributed by atoms with van der Waals surface area (Å²) in [6, 6.07) is 4.93. The van der Waals surface area contributed by atoms with Crippen LogP contribution in [0.25, 0.3) is 0 Å². The van der Waals surface area contributed by atoms with Gasteiger partial charge in [0, 0.05) is 12.5 Å². The summed E-state index contributed by atoms with van der Waals surface area (Å²) in [4.78, 5) is 0.210. The van der Waals surface area contributed by atoms with Gasteiger partial charge in [0.15, 0.2) is 0 Å². The molecule has 0 saturated heterocycles. The lowest BCUT2D eigenvalue weighted by atomic mass is 10.1. The summed E-state index contributed by atoms with van der Waals surface area (Å²) < 4.78 is 26.6. The quantitative estimate of drug-likeness (QED) is 0.324. The van der Waals surface area contributed by atoms with Crippen LogP contribution in [0.15, 0.2) is 28.3 Å². The van der Waals surface area contributed by atoms with Gasteiger partial charge < -0.3 is 10.9 Å². The van der Waals surface area contributed by atoms with Crippen LogP contribution in [0, 0.1) is 19.8 Å². The molecule has 1 atom stereocenters. The molecule has 19 heavy (non-hydrogen) atoms. The second-order valence-corrected chi connectivity index (χ2v) is 6.29. The fraction of sp³-hybridized carbons (Fsp3) is 0.417. The Morgan fingerprint density at radius 2 is 2.05 bits per heavy atom. The fourth-order valence-electron chi connectivity index (χ4n) is 1.40. The van der Waals surface area contributed by atoms with Crippen LogP contribution in [0.5, 0.6) is 0 Å². The molecule has 1 rings (SSSR count). The van der Waals surface area contributed by atoms with Crippen LogP contribution in [0.4, 0.5) is 0 Å². The van der Waals surface area contributed by atoms with Crippen molar-refractivity contribution >= 4 is 15.9 Å². The number of hydrogen-bond acceptors (Lipinski definition) is 4. The van der Waals surface area contributed by atoms with Gasteiger partial charge in [-0.1, -0.05) is 18.1 Å². The lowest BCUT2D eigenvalue weighted by Gasteiger charge is -2.12. The average molecular weight is 285 g/mol. The van der Waals surface area contributed by atoms with Gasteiger partial charge in [0.2, 0.25) is 10.0 Å². The molecule has 1 aromatic rings. The second kappa shape index (κ2) is 6.03. The number of aryl methyl sites for hydroxylation is 2. The van der Waals surface area contributed by atoms with E-state index in [0.29, 0.717) is 0 Å². The van der Waals surface area contributed by atoms with Crippen molar-refractivity contribution in [2.75, 3.05) is 6.54 Å². The summed E-state index contributed by atoms with van der Waals surface area (Å²) in [5, 5.41) is 11.4. The molecule has 0 aliphatic heterocycles. The SMILES string of the molecule is Cc1ccc(S(=O)(=O)NCC(C)C(N)=NO)cc1C. The Morgan fingerprint density at radius 1 is 1.42 bits per heavy atom. The molecular weight excluding hydrogens is 266 g/mol. The number of nitrogens with zero attached hydrogens (tertiary/aromatic N) is 1. The standard InChI is InChI=1S/C12H19N3O3S/c1-8-4-5-11(6-9(8)2)19(17,18)14-7-10(3)12(13)15-16/h4-6,10,14,16H,7H2,1-3H3,(H2,13,15). The molecular formula is C12H19N3O3S. The molecule has 4 N–H and O–H groups in total. The highest BCUT2D eigenvalue weighted by atomic mass is 32.2. The zero-order chi connectivity index (χ0) is 14.6. The Bertz CT molecular complexity index is 582. The van der Waals surface area contributed by atoms with Gasteiger partial charge in [-0.2, -0.15) is 0 Å². The van der Waals surface area contributed by atoms with E-state index in [9.17, 15) is 8.42 Å². The van der Waals surface area contributed by atoms with E-state index in [0.717, 1.165) is 11.1 Å². The summed E-state index contributed by atoms with van der Waals surface area (Å²) in [6.07, 6.45) is 0. The largest absolute Gasteiger partial charge is 0.409 e. The molecule has 0 saturated carbocycles. The number of rotatable bonds is 5. The van der Waals surface area contributed by atoms with Crippen LogP contribution in [0.2, 0.25) is 0 Å². The number of hydrogen-bond donors (Lipinski definition) is 3. The van der Waals surface area contributed by atoms with Gasteiger partial charge >= 0.3 is 0 Å². The van der Waals surface area contributed by atoms with Crippen LogP contribution < -0.4 is 10.5 Å². The maximum atomic E-state index is 12.1. The average Bonchev–Trinajstić information content (AvgIpc) is 2.38. The Balaban J connectivity index is 2.84. The number of amidine groups is 1. The number of nitrogens with two attached hydrogens (primary N) is 1. The van der Waals surface area contributed by atoms with E-state index < -0.39 is 10.0 Å². The van der Waals surface area contributed by atoms with Crippen LogP contribution in [-0.2, 0) is 10.0 Å². The van der Waals surface area contributed by atoms with Gasteiger partial charge in [0.1, 0.15) is 5.84 Å². The van der Waals surface area contributed by atoms with Gasteiger partial charge in [0.05, 0.1) is 4.90 Å². The van der Waals surface area contributed by atoms with Gasteiger partial charge in [-0.25, -0.2) is 13.1 Å². The highest BCUT2D eigenvalue weighted by Gasteiger charge is 2.17. The summed E-state index contributed by atoms with van der Waals surface area (Å²) >= 11 is 0. The fourth-order valence-corrected chi connectivity index (χ4v) is 2.62. The predicted molar refractivity (Wildman–Crippen MR) is 73.7 cm³/mol. The molecule has 1 aromatic carbocycles. The first-order valence-electron chi connectivity index (χ1n) is 5.82. The molecule has 0 bridgehead atoms. The lowest BCUT2D eigenvalue weighted by Crippen LogP contribution is -2.34. The third-order valence-corrected chi connectivity index (χ3v) is 4.41. The first-order chi connectivity index (χ1) is 8.77. The molecule has 7 heteroatoms. The van der Waals surface area contributed by atoms with E-state index >= 15 is 0 Å². The first kappa shape index (κ1) is 15.5. The van der Waals surface area contributed by atoms with E-state index in [4.69, 9.17) is 10.9 Å². The molecule has 0 aliphatic carbocycles. The van der Waals surface area contributed by atoms with Crippen molar-refractivity contribution in [2.45, 2.75) is 25.7 Å². The third kappa shape index (κ3) is 3.93. The van der Waals surface area contributed by atoms with Crippen molar-refractivity contribution in [1.82, 2.24) is 4.72 Å². The van der Waals surface area contributed by atoms with Crippen LogP contribution in [0.1, 0.15) is 18.1 Å².